The van der Waals surface area contributed by atoms with Crippen LogP contribution in [-0.4, -0.2) is 5.48 Å². The smallest absolute Gasteiger partial charge is 0.412 e. The quantitative estimate of drug-likeness (QED) is 0.250. The van der Waals surface area contributed by atoms with E-state index >= 15 is 0 Å². The van der Waals surface area contributed by atoms with Crippen molar-refractivity contribution >= 4 is 0 Å². The molecule has 0 fully saturated rings. The van der Waals surface area contributed by atoms with Crippen molar-refractivity contribution < 1.29 is 56.9 Å². The van der Waals surface area contributed by atoms with E-state index in [1.54, 1.807) is 0 Å². The number of rotatable bonds is 0. The minimum Gasteiger partial charge on any atom is -0.412 e. The van der Waals surface area contributed by atoms with Gasteiger partial charge in [0.05, 0.1) is 0 Å². The Bertz CT molecular complexity index is 12.3. The summed E-state index contributed by atoms with van der Waals surface area (Å²) >= 11 is 0. The molecule has 0 aromatic carbocycles. The maximum absolute atomic E-state index is 3.64. The van der Waals surface area contributed by atoms with Gasteiger partial charge in [0.1, 0.15) is 0 Å². The normalized spacial score (nSPS) is 6.00. The van der Waals surface area contributed by atoms with Gasteiger partial charge in [0.25, 0.3) is 0 Å². The van der Waals surface area contributed by atoms with Crippen LogP contribution in [0.2, 0.25) is 0 Å². The van der Waals surface area contributed by atoms with Crippen molar-refractivity contribution in [3.8, 4) is 0 Å². The van der Waals surface area contributed by atoms with Gasteiger partial charge in [0.2, 0.25) is 0 Å². The summed E-state index contributed by atoms with van der Waals surface area (Å²) in [5.74, 6) is 0.583. The molecule has 6 heavy (non-hydrogen) atoms. The van der Waals surface area contributed by atoms with E-state index < -0.39 is 0 Å². The summed E-state index contributed by atoms with van der Waals surface area (Å²) in [7, 11) is 0. The fraction of sp³-hybridized carbons (Fsp3) is 0.750. The summed E-state index contributed by atoms with van der Waals surface area (Å²) in [6.45, 7) is 7.75. The van der Waals surface area contributed by atoms with Gasteiger partial charge < -0.3 is 12.4 Å². The molecule has 0 heterocycles. The minimum atomic E-state index is 0. The second-order valence-corrected chi connectivity index (χ2v) is 1.39. The number of hydrogen-bond acceptors (Lipinski definition) is 0. The second kappa shape index (κ2) is 9.78. The number of hydrogen-bond donors (Lipinski definition) is 0. The Kier molecular flexibility index (Phi) is 25.5. The van der Waals surface area contributed by atoms with Crippen LogP contribution in [0.3, 0.4) is 0 Å². The fourth-order valence-corrected chi connectivity index (χ4v) is 0. The van der Waals surface area contributed by atoms with Crippen LogP contribution in [0.1, 0.15) is 13.8 Å². The first kappa shape index (κ1) is 15.6. The molecule has 2 N–H and O–H groups in total. The van der Waals surface area contributed by atoms with Crippen LogP contribution >= 0.6 is 0 Å². The summed E-state index contributed by atoms with van der Waals surface area (Å²) < 4.78 is 0. The Labute approximate surface area is 82.2 Å². The first-order valence-electron chi connectivity index (χ1n) is 1.56. The van der Waals surface area contributed by atoms with E-state index in [0.717, 1.165) is 0 Å². The van der Waals surface area contributed by atoms with Crippen molar-refractivity contribution in [2.45, 2.75) is 13.8 Å². The molecule has 0 amide bonds. The molecular weight excluding hydrogens is 103 g/mol. The van der Waals surface area contributed by atoms with Crippen LogP contribution in [0.15, 0.2) is 0 Å². The van der Waals surface area contributed by atoms with Crippen LogP contribution in [0.25, 0.3) is 0 Å². The summed E-state index contributed by atoms with van der Waals surface area (Å²) in [4.78, 5) is 0. The first-order valence-corrected chi connectivity index (χ1v) is 1.56. The van der Waals surface area contributed by atoms with Crippen molar-refractivity contribution in [3.63, 3.8) is 0 Å². The standard InChI is InChI=1S/C4H9.K.H2O/c1-4(2)3;;/h4H,1H2,2-3H3;;1H2/q-1;+1;. The van der Waals surface area contributed by atoms with Crippen molar-refractivity contribution in [1.82, 2.24) is 0 Å². The van der Waals surface area contributed by atoms with Gasteiger partial charge in [-0.05, 0) is 0 Å². The third kappa shape index (κ3) is 46.4. The zero-order valence-corrected chi connectivity index (χ0v) is 7.91. The molecule has 2 heteroatoms. The molecule has 0 bridgehead atoms. The van der Waals surface area contributed by atoms with E-state index in [1.165, 1.54) is 0 Å². The summed E-state index contributed by atoms with van der Waals surface area (Å²) in [5, 5.41) is 0. The summed E-state index contributed by atoms with van der Waals surface area (Å²) in [6.07, 6.45) is 0. The molecule has 0 aromatic heterocycles. The van der Waals surface area contributed by atoms with Crippen LogP contribution in [0, 0.1) is 12.8 Å². The van der Waals surface area contributed by atoms with E-state index in [9.17, 15) is 0 Å². The topological polar surface area (TPSA) is 31.5 Å². The molecule has 0 aromatic rings. The second-order valence-electron chi connectivity index (χ2n) is 1.39. The van der Waals surface area contributed by atoms with Crippen molar-refractivity contribution in [1.29, 1.82) is 0 Å². The predicted octanol–water partition coefficient (Wildman–Crippen LogP) is -2.34. The average Bonchev–Trinajstić information content (AvgIpc) is 0.811. The van der Waals surface area contributed by atoms with Crippen LogP contribution in [0.4, 0.5) is 0 Å². The summed E-state index contributed by atoms with van der Waals surface area (Å²) in [5.41, 5.74) is 0. The average molecular weight is 114 g/mol. The van der Waals surface area contributed by atoms with Crippen LogP contribution < -0.4 is 51.4 Å². The van der Waals surface area contributed by atoms with Crippen molar-refractivity contribution in [2.24, 2.45) is 5.92 Å². The monoisotopic (exact) mass is 114 g/mol. The molecule has 1 nitrogen and oxygen atoms in total. The van der Waals surface area contributed by atoms with Crippen molar-refractivity contribution in [3.05, 3.63) is 6.92 Å². The third-order valence-electron chi connectivity index (χ3n) is 0. The molecule has 34 valence electrons. The molecule has 0 aliphatic carbocycles. The Morgan fingerprint density at radius 2 is 1.33 bits per heavy atom. The SMILES string of the molecule is O.[CH2-]C(C)C.[K+]. The van der Waals surface area contributed by atoms with E-state index in [4.69, 9.17) is 0 Å². The molecule has 0 saturated heterocycles. The van der Waals surface area contributed by atoms with E-state index in [1.807, 2.05) is 0 Å². The van der Waals surface area contributed by atoms with Gasteiger partial charge in [-0.25, -0.2) is 0 Å². The molecule has 0 rings (SSSR count). The Morgan fingerprint density at radius 3 is 1.33 bits per heavy atom. The van der Waals surface area contributed by atoms with Crippen molar-refractivity contribution in [2.75, 3.05) is 0 Å². The van der Waals surface area contributed by atoms with E-state index in [-0.39, 0.29) is 56.9 Å². The van der Waals surface area contributed by atoms with Crippen LogP contribution in [-0.2, 0) is 0 Å². The molecule has 0 spiro atoms. The molecule has 0 saturated carbocycles. The molecule has 0 aliphatic heterocycles. The largest absolute Gasteiger partial charge is 1.00 e. The third-order valence-corrected chi connectivity index (χ3v) is 0. The first-order chi connectivity index (χ1) is 1.73. The van der Waals surface area contributed by atoms with Gasteiger partial charge in [-0.15, -0.1) is 0 Å². The predicted molar refractivity (Wildman–Crippen MR) is 23.8 cm³/mol. The zero-order valence-electron chi connectivity index (χ0n) is 4.78. The van der Waals surface area contributed by atoms with Gasteiger partial charge in [-0.3, -0.25) is 0 Å². The van der Waals surface area contributed by atoms with Gasteiger partial charge >= 0.3 is 51.4 Å². The zero-order chi connectivity index (χ0) is 3.58. The molecule has 0 aliphatic rings. The molecule has 0 radical (unpaired) electrons. The Balaban J connectivity index is -0.0000000450. The Morgan fingerprint density at radius 1 is 1.33 bits per heavy atom. The van der Waals surface area contributed by atoms with E-state index in [2.05, 4.69) is 20.8 Å². The van der Waals surface area contributed by atoms with Crippen LogP contribution in [0.5, 0.6) is 0 Å². The Hall–Kier alpha value is 1.60. The van der Waals surface area contributed by atoms with Gasteiger partial charge in [-0.2, -0.15) is 5.92 Å². The molecule has 0 unspecified atom stereocenters. The maximum Gasteiger partial charge on any atom is 1.00 e. The van der Waals surface area contributed by atoms with Gasteiger partial charge in [0.15, 0.2) is 0 Å². The van der Waals surface area contributed by atoms with Gasteiger partial charge in [0, 0.05) is 0 Å². The summed E-state index contributed by atoms with van der Waals surface area (Å²) in [6, 6.07) is 0. The maximum atomic E-state index is 3.64. The molecule has 0 atom stereocenters. The van der Waals surface area contributed by atoms with Gasteiger partial charge in [-0.1, -0.05) is 13.8 Å². The molecular formula is C4H11KO. The minimum absolute atomic E-state index is 0. The fourth-order valence-electron chi connectivity index (χ4n) is 0. The van der Waals surface area contributed by atoms with E-state index in [0.29, 0.717) is 5.92 Å².